The normalized spacial score (nSPS) is 15.1. The maximum atomic E-state index is 12.7. The van der Waals surface area contributed by atoms with Crippen LogP contribution in [0.1, 0.15) is 35.9 Å². The summed E-state index contributed by atoms with van der Waals surface area (Å²) in [6.45, 7) is 3.78. The molecule has 6 nitrogen and oxygen atoms in total. The average molecular weight is 328 g/mol. The highest BCUT2D eigenvalue weighted by Crippen LogP contribution is 2.30. The van der Waals surface area contributed by atoms with Gasteiger partial charge in [-0.15, -0.1) is 0 Å². The number of rotatable bonds is 6. The number of aliphatic carboxylic acids is 1. The number of amides is 1. The second-order valence-electron chi connectivity index (χ2n) is 6.37. The first-order chi connectivity index (χ1) is 11.5. The first-order valence-corrected chi connectivity index (χ1v) is 8.03. The summed E-state index contributed by atoms with van der Waals surface area (Å²) in [5.74, 6) is -1.67. The van der Waals surface area contributed by atoms with Gasteiger partial charge in [0.25, 0.3) is 5.91 Å². The number of carboxylic acids is 1. The van der Waals surface area contributed by atoms with Crippen molar-refractivity contribution in [3.63, 3.8) is 0 Å². The molecule has 1 saturated carbocycles. The molecule has 0 spiro atoms. The Morgan fingerprint density at radius 1 is 1.33 bits per heavy atom. The van der Waals surface area contributed by atoms with E-state index in [1.54, 1.807) is 17.9 Å². The Morgan fingerprint density at radius 2 is 2.00 bits per heavy atom. The number of hydrogen-bond donors (Lipinski definition) is 1. The third-order valence-electron chi connectivity index (χ3n) is 4.21. The van der Waals surface area contributed by atoms with Crippen molar-refractivity contribution in [2.45, 2.75) is 32.7 Å². The van der Waals surface area contributed by atoms with Crippen LogP contribution in [0.4, 0.5) is 0 Å². The van der Waals surface area contributed by atoms with Gasteiger partial charge in [0.2, 0.25) is 5.76 Å². The van der Waals surface area contributed by atoms with Crippen LogP contribution in [0, 0.1) is 12.8 Å². The molecule has 0 radical (unpaired) electrons. The Morgan fingerprint density at radius 3 is 2.58 bits per heavy atom. The van der Waals surface area contributed by atoms with Crippen molar-refractivity contribution in [3.8, 4) is 11.3 Å². The molecule has 3 rings (SSSR count). The molecule has 0 aliphatic heterocycles. The summed E-state index contributed by atoms with van der Waals surface area (Å²) in [6.07, 6.45) is 1.80. The molecule has 1 N–H and O–H groups in total. The number of carbonyl (C=O) groups excluding carboxylic acids is 1. The molecule has 6 heteroatoms. The second kappa shape index (κ2) is 6.47. The van der Waals surface area contributed by atoms with Crippen molar-refractivity contribution < 1.29 is 19.2 Å². The molecule has 1 atom stereocenters. The standard InChI is InChI=1S/C18H20N2O4/c1-11-3-5-13(6-4-11)15-9-16(24-19-15)17(21)20(14-7-8-14)10-12(2)18(22)23/h3-6,9,12,14H,7-8,10H2,1-2H3,(H,22,23). The fourth-order valence-electron chi connectivity index (χ4n) is 2.54. The summed E-state index contributed by atoms with van der Waals surface area (Å²) in [5, 5.41) is 13.1. The maximum Gasteiger partial charge on any atom is 0.308 e. The summed E-state index contributed by atoms with van der Waals surface area (Å²) in [6, 6.07) is 9.51. The van der Waals surface area contributed by atoms with Gasteiger partial charge in [-0.05, 0) is 19.8 Å². The lowest BCUT2D eigenvalue weighted by molar-refractivity contribution is -0.141. The number of carboxylic acid groups (broad SMARTS) is 1. The molecule has 1 aromatic carbocycles. The van der Waals surface area contributed by atoms with Crippen LogP contribution < -0.4 is 0 Å². The molecule has 2 aromatic rings. The minimum absolute atomic E-state index is 0.104. The lowest BCUT2D eigenvalue weighted by Gasteiger charge is -2.22. The molecule has 24 heavy (non-hydrogen) atoms. The minimum atomic E-state index is -0.911. The molecule has 1 fully saturated rings. The summed E-state index contributed by atoms with van der Waals surface area (Å²) < 4.78 is 5.22. The maximum absolute atomic E-state index is 12.7. The van der Waals surface area contributed by atoms with Gasteiger partial charge < -0.3 is 14.5 Å². The van der Waals surface area contributed by atoms with Crippen LogP contribution >= 0.6 is 0 Å². The second-order valence-corrected chi connectivity index (χ2v) is 6.37. The van der Waals surface area contributed by atoms with Gasteiger partial charge in [0.15, 0.2) is 0 Å². The van der Waals surface area contributed by atoms with Crippen LogP contribution in [0.3, 0.4) is 0 Å². The van der Waals surface area contributed by atoms with Crippen molar-refractivity contribution >= 4 is 11.9 Å². The predicted molar refractivity (Wildman–Crippen MR) is 87.5 cm³/mol. The van der Waals surface area contributed by atoms with Crippen molar-refractivity contribution in [1.29, 1.82) is 0 Å². The van der Waals surface area contributed by atoms with Gasteiger partial charge in [0.05, 0.1) is 5.92 Å². The van der Waals surface area contributed by atoms with Gasteiger partial charge in [0.1, 0.15) is 5.69 Å². The van der Waals surface area contributed by atoms with Gasteiger partial charge in [0, 0.05) is 24.2 Å². The Kier molecular flexibility index (Phi) is 4.38. The van der Waals surface area contributed by atoms with Crippen LogP contribution in [-0.4, -0.2) is 39.6 Å². The highest BCUT2D eigenvalue weighted by atomic mass is 16.5. The lowest BCUT2D eigenvalue weighted by atomic mass is 10.1. The molecule has 1 aliphatic carbocycles. The zero-order valence-corrected chi connectivity index (χ0v) is 13.7. The van der Waals surface area contributed by atoms with Gasteiger partial charge in [-0.25, -0.2) is 0 Å². The molecule has 1 aromatic heterocycles. The number of aromatic nitrogens is 1. The number of nitrogens with zero attached hydrogens (tertiary/aromatic N) is 2. The fourth-order valence-corrected chi connectivity index (χ4v) is 2.54. The van der Waals surface area contributed by atoms with Gasteiger partial charge in [-0.2, -0.15) is 0 Å². The van der Waals surface area contributed by atoms with E-state index in [-0.39, 0.29) is 24.3 Å². The number of aryl methyl sites for hydroxylation is 1. The van der Waals surface area contributed by atoms with E-state index >= 15 is 0 Å². The van der Waals surface area contributed by atoms with Crippen LogP contribution in [0.25, 0.3) is 11.3 Å². The van der Waals surface area contributed by atoms with Crippen molar-refractivity contribution in [2.75, 3.05) is 6.54 Å². The largest absolute Gasteiger partial charge is 0.481 e. The van der Waals surface area contributed by atoms with E-state index in [9.17, 15) is 9.59 Å². The summed E-state index contributed by atoms with van der Waals surface area (Å²) in [5.41, 5.74) is 2.61. The Hall–Kier alpha value is -2.63. The average Bonchev–Trinajstić information content (AvgIpc) is 3.28. The zero-order valence-electron chi connectivity index (χ0n) is 13.7. The Bertz CT molecular complexity index is 747. The van der Waals surface area contributed by atoms with Gasteiger partial charge in [-0.1, -0.05) is 41.9 Å². The number of hydrogen-bond acceptors (Lipinski definition) is 4. The van der Waals surface area contributed by atoms with Crippen LogP contribution in [0.15, 0.2) is 34.9 Å². The molecule has 0 saturated heterocycles. The third-order valence-corrected chi connectivity index (χ3v) is 4.21. The van der Waals surface area contributed by atoms with Crippen LogP contribution in [-0.2, 0) is 4.79 Å². The summed E-state index contributed by atoms with van der Waals surface area (Å²) in [4.78, 5) is 25.4. The number of benzene rings is 1. The Balaban J connectivity index is 1.78. The van der Waals surface area contributed by atoms with E-state index in [0.717, 1.165) is 24.0 Å². The molecule has 1 aliphatic rings. The van der Waals surface area contributed by atoms with Gasteiger partial charge in [-0.3, -0.25) is 9.59 Å². The molecule has 1 heterocycles. The Labute approximate surface area is 140 Å². The molecular weight excluding hydrogens is 308 g/mol. The first kappa shape index (κ1) is 16.2. The van der Waals surface area contributed by atoms with E-state index in [2.05, 4.69) is 5.16 Å². The topological polar surface area (TPSA) is 83.6 Å². The predicted octanol–water partition coefficient (Wildman–Crippen LogP) is 2.98. The van der Waals surface area contributed by atoms with E-state index in [1.807, 2.05) is 31.2 Å². The number of carbonyl (C=O) groups is 2. The quantitative estimate of drug-likeness (QED) is 0.881. The molecule has 1 amide bonds. The van der Waals surface area contributed by atoms with Crippen LogP contribution in [0.5, 0.6) is 0 Å². The highest BCUT2D eigenvalue weighted by Gasteiger charge is 2.36. The SMILES string of the molecule is Cc1ccc(-c2cc(C(=O)N(CC(C)C(=O)O)C3CC3)on2)cc1. The van der Waals surface area contributed by atoms with Crippen molar-refractivity contribution in [2.24, 2.45) is 5.92 Å². The monoisotopic (exact) mass is 328 g/mol. The smallest absolute Gasteiger partial charge is 0.308 e. The first-order valence-electron chi connectivity index (χ1n) is 8.03. The zero-order chi connectivity index (χ0) is 17.3. The molecular formula is C18H20N2O4. The summed E-state index contributed by atoms with van der Waals surface area (Å²) >= 11 is 0. The summed E-state index contributed by atoms with van der Waals surface area (Å²) in [7, 11) is 0. The van der Waals surface area contributed by atoms with E-state index in [4.69, 9.17) is 9.63 Å². The van der Waals surface area contributed by atoms with E-state index < -0.39 is 11.9 Å². The molecule has 1 unspecified atom stereocenters. The van der Waals surface area contributed by atoms with E-state index in [0.29, 0.717) is 5.69 Å². The molecule has 126 valence electrons. The lowest BCUT2D eigenvalue weighted by Crippen LogP contribution is -2.38. The van der Waals surface area contributed by atoms with Crippen LogP contribution in [0.2, 0.25) is 0 Å². The fraction of sp³-hybridized carbons (Fsp3) is 0.389. The van der Waals surface area contributed by atoms with Crippen molar-refractivity contribution in [3.05, 3.63) is 41.7 Å². The van der Waals surface area contributed by atoms with E-state index in [1.165, 1.54) is 0 Å². The van der Waals surface area contributed by atoms with Gasteiger partial charge >= 0.3 is 5.97 Å². The third kappa shape index (κ3) is 3.48. The van der Waals surface area contributed by atoms with Crippen molar-refractivity contribution in [1.82, 2.24) is 10.1 Å². The minimum Gasteiger partial charge on any atom is -0.481 e. The molecule has 0 bridgehead atoms. The highest BCUT2D eigenvalue weighted by molar-refractivity contribution is 5.93.